The molecule has 1 saturated heterocycles. The predicted octanol–water partition coefficient (Wildman–Crippen LogP) is 4.49. The third-order valence-corrected chi connectivity index (χ3v) is 6.66. The van der Waals surface area contributed by atoms with Crippen molar-refractivity contribution in [2.24, 2.45) is 23.7 Å². The molecule has 6 nitrogen and oxygen atoms in total. The number of carbonyl (C=O) groups excluding carboxylic acids is 1. The van der Waals surface area contributed by atoms with Crippen LogP contribution in [0, 0.1) is 23.7 Å². The van der Waals surface area contributed by atoms with Crippen molar-refractivity contribution in [1.82, 2.24) is 5.32 Å². The summed E-state index contributed by atoms with van der Waals surface area (Å²) in [6, 6.07) is 6.35. The number of methoxy groups -OCH3 is 2. The number of esters is 1. The highest BCUT2D eigenvalue weighted by molar-refractivity contribution is 5.75. The van der Waals surface area contributed by atoms with Gasteiger partial charge in [0, 0.05) is 26.2 Å². The molecule has 0 bridgehead atoms. The van der Waals surface area contributed by atoms with E-state index < -0.39 is 0 Å². The van der Waals surface area contributed by atoms with Gasteiger partial charge in [-0.1, -0.05) is 33.8 Å². The number of nitrogens with one attached hydrogen (secondary N) is 1. The van der Waals surface area contributed by atoms with E-state index in [1.54, 1.807) is 14.2 Å². The van der Waals surface area contributed by atoms with E-state index >= 15 is 0 Å². The lowest BCUT2D eigenvalue weighted by Crippen LogP contribution is -2.40. The van der Waals surface area contributed by atoms with E-state index in [9.17, 15) is 4.79 Å². The van der Waals surface area contributed by atoms with Gasteiger partial charge in [-0.3, -0.25) is 4.79 Å². The number of rotatable bonds is 14. The van der Waals surface area contributed by atoms with Crippen LogP contribution in [0.4, 0.5) is 0 Å². The standard InChI is InChI=1S/C26H43NO5/c1-17(2)20(15-22(27-5)24-16-21(18(3)4)26(28)32-24)13-19-9-10-23(30-7)25(14-19)31-12-8-11-29-6/h9-10,14,17-18,20-22,24,27H,8,11-13,15-16H2,1-7H3/t20-,21-,22-,24-/m0/s1. The summed E-state index contributed by atoms with van der Waals surface area (Å²) in [5.74, 6) is 2.74. The maximum atomic E-state index is 12.3. The maximum Gasteiger partial charge on any atom is 0.309 e. The van der Waals surface area contributed by atoms with Crippen molar-refractivity contribution in [3.63, 3.8) is 0 Å². The van der Waals surface area contributed by atoms with E-state index in [0.29, 0.717) is 31.0 Å². The van der Waals surface area contributed by atoms with Crippen LogP contribution in [0.15, 0.2) is 18.2 Å². The fourth-order valence-corrected chi connectivity index (χ4v) is 4.44. The lowest BCUT2D eigenvalue weighted by molar-refractivity contribution is -0.146. The van der Waals surface area contributed by atoms with Gasteiger partial charge in [0.25, 0.3) is 0 Å². The number of hydrogen-bond donors (Lipinski definition) is 1. The maximum absolute atomic E-state index is 12.3. The molecule has 0 aromatic heterocycles. The molecule has 1 fully saturated rings. The zero-order valence-corrected chi connectivity index (χ0v) is 21.0. The van der Waals surface area contributed by atoms with Gasteiger partial charge in [0.15, 0.2) is 11.5 Å². The van der Waals surface area contributed by atoms with Crippen LogP contribution >= 0.6 is 0 Å². The molecule has 1 aliphatic rings. The van der Waals surface area contributed by atoms with Crippen LogP contribution in [-0.4, -0.2) is 52.6 Å². The molecule has 1 N–H and O–H groups in total. The van der Waals surface area contributed by atoms with Crippen LogP contribution in [0.2, 0.25) is 0 Å². The van der Waals surface area contributed by atoms with Gasteiger partial charge in [-0.05, 0) is 61.8 Å². The minimum absolute atomic E-state index is 0.00718. The summed E-state index contributed by atoms with van der Waals surface area (Å²) >= 11 is 0. The number of hydrogen-bond acceptors (Lipinski definition) is 6. The molecule has 1 aliphatic heterocycles. The minimum atomic E-state index is -0.0586. The van der Waals surface area contributed by atoms with Crippen LogP contribution in [0.5, 0.6) is 11.5 Å². The molecule has 32 heavy (non-hydrogen) atoms. The zero-order valence-electron chi connectivity index (χ0n) is 21.0. The molecule has 6 heteroatoms. The second-order valence-corrected chi connectivity index (χ2v) is 9.58. The van der Waals surface area contributed by atoms with Gasteiger partial charge in [0.05, 0.1) is 19.6 Å². The zero-order chi connectivity index (χ0) is 23.7. The molecule has 0 unspecified atom stereocenters. The van der Waals surface area contributed by atoms with Gasteiger partial charge in [0.1, 0.15) is 6.10 Å². The van der Waals surface area contributed by atoms with Gasteiger partial charge in [-0.25, -0.2) is 0 Å². The van der Waals surface area contributed by atoms with Gasteiger partial charge in [-0.2, -0.15) is 0 Å². The Morgan fingerprint density at radius 2 is 1.88 bits per heavy atom. The van der Waals surface area contributed by atoms with E-state index in [4.69, 9.17) is 18.9 Å². The van der Waals surface area contributed by atoms with Gasteiger partial charge in [0.2, 0.25) is 0 Å². The second kappa shape index (κ2) is 13.0. The van der Waals surface area contributed by atoms with Crippen molar-refractivity contribution < 1.29 is 23.7 Å². The summed E-state index contributed by atoms with van der Waals surface area (Å²) in [5.41, 5.74) is 1.23. The quantitative estimate of drug-likeness (QED) is 0.333. The van der Waals surface area contributed by atoms with Crippen molar-refractivity contribution >= 4 is 5.97 Å². The summed E-state index contributed by atoms with van der Waals surface area (Å²) in [6.45, 7) is 9.98. The van der Waals surface area contributed by atoms with Crippen LogP contribution in [0.3, 0.4) is 0 Å². The van der Waals surface area contributed by atoms with Crippen molar-refractivity contribution in [2.75, 3.05) is 34.5 Å². The first-order valence-corrected chi connectivity index (χ1v) is 12.0. The highest BCUT2D eigenvalue weighted by atomic mass is 16.6. The largest absolute Gasteiger partial charge is 0.493 e. The number of likely N-dealkylation sites (N-methyl/N-ethyl adjacent to an activating group) is 1. The molecule has 1 aromatic rings. The van der Waals surface area contributed by atoms with Crippen molar-refractivity contribution in [3.05, 3.63) is 23.8 Å². The monoisotopic (exact) mass is 449 g/mol. The summed E-state index contributed by atoms with van der Waals surface area (Å²) in [6.07, 6.45) is 3.46. The molecule has 2 rings (SSSR count). The molecule has 182 valence electrons. The van der Waals surface area contributed by atoms with Crippen molar-refractivity contribution in [2.45, 2.75) is 65.5 Å². The lowest BCUT2D eigenvalue weighted by Gasteiger charge is -2.29. The number of carbonyl (C=O) groups is 1. The van der Waals surface area contributed by atoms with E-state index in [2.05, 4.69) is 45.1 Å². The topological polar surface area (TPSA) is 66.0 Å². The average molecular weight is 450 g/mol. The minimum Gasteiger partial charge on any atom is -0.493 e. The van der Waals surface area contributed by atoms with Crippen LogP contribution in [0.1, 0.15) is 52.5 Å². The fraction of sp³-hybridized carbons (Fsp3) is 0.731. The van der Waals surface area contributed by atoms with Crippen LogP contribution < -0.4 is 14.8 Å². The molecule has 4 atom stereocenters. The molecule has 0 radical (unpaired) electrons. The van der Waals surface area contributed by atoms with Gasteiger partial charge in [-0.15, -0.1) is 0 Å². The molecule has 0 amide bonds. The molecule has 0 aliphatic carbocycles. The van der Waals surface area contributed by atoms with E-state index in [-0.39, 0.29) is 24.0 Å². The highest BCUT2D eigenvalue weighted by Gasteiger charge is 2.40. The Morgan fingerprint density at radius 3 is 2.44 bits per heavy atom. The molecular weight excluding hydrogens is 406 g/mol. The Balaban J connectivity index is 2.08. The normalized spacial score (nSPS) is 20.5. The Bertz CT molecular complexity index is 705. The Labute approximate surface area is 194 Å². The smallest absolute Gasteiger partial charge is 0.309 e. The first-order valence-electron chi connectivity index (χ1n) is 12.0. The third kappa shape index (κ3) is 7.38. The molecule has 1 heterocycles. The Morgan fingerprint density at radius 1 is 1.12 bits per heavy atom. The third-order valence-electron chi connectivity index (χ3n) is 6.66. The Kier molecular flexibility index (Phi) is 10.8. The summed E-state index contributed by atoms with van der Waals surface area (Å²) in [5, 5.41) is 3.43. The highest BCUT2D eigenvalue weighted by Crippen LogP contribution is 2.34. The second-order valence-electron chi connectivity index (χ2n) is 9.58. The van der Waals surface area contributed by atoms with Crippen LogP contribution in [0.25, 0.3) is 0 Å². The van der Waals surface area contributed by atoms with Crippen molar-refractivity contribution in [1.29, 1.82) is 0 Å². The van der Waals surface area contributed by atoms with Gasteiger partial charge >= 0.3 is 5.97 Å². The molecule has 1 aromatic carbocycles. The number of benzene rings is 1. The van der Waals surface area contributed by atoms with E-state index in [1.165, 1.54) is 5.56 Å². The number of ether oxygens (including phenoxy) is 4. The summed E-state index contributed by atoms with van der Waals surface area (Å²) in [4.78, 5) is 12.3. The predicted molar refractivity (Wildman–Crippen MR) is 127 cm³/mol. The molecular formula is C26H43NO5. The van der Waals surface area contributed by atoms with E-state index in [1.807, 2.05) is 13.1 Å². The first-order chi connectivity index (χ1) is 15.3. The van der Waals surface area contributed by atoms with Gasteiger partial charge < -0.3 is 24.3 Å². The SMILES string of the molecule is CN[C@@H](C[C@H](Cc1ccc(OC)c(OCCCOC)c1)C(C)C)[C@@H]1C[C@@H](C(C)C)C(=O)O1. The molecule has 0 saturated carbocycles. The summed E-state index contributed by atoms with van der Waals surface area (Å²) in [7, 11) is 5.33. The average Bonchev–Trinajstić information content (AvgIpc) is 3.15. The molecule has 0 spiro atoms. The van der Waals surface area contributed by atoms with Crippen molar-refractivity contribution in [3.8, 4) is 11.5 Å². The van der Waals surface area contributed by atoms with E-state index in [0.717, 1.165) is 37.2 Å². The first kappa shape index (κ1) is 26.5. The lowest BCUT2D eigenvalue weighted by atomic mass is 9.81. The summed E-state index contributed by atoms with van der Waals surface area (Å²) < 4.78 is 22.3. The van der Waals surface area contributed by atoms with Crippen LogP contribution in [-0.2, 0) is 20.7 Å². The fourth-order valence-electron chi connectivity index (χ4n) is 4.44. The Hall–Kier alpha value is -1.79. The number of cyclic esters (lactones) is 1.